The van der Waals surface area contributed by atoms with Gasteiger partial charge in [0.25, 0.3) is 0 Å². The summed E-state index contributed by atoms with van der Waals surface area (Å²) in [5.41, 5.74) is 1.28. The van der Waals surface area contributed by atoms with E-state index in [-0.39, 0.29) is 0 Å². The second-order valence-corrected chi connectivity index (χ2v) is 4.12. The van der Waals surface area contributed by atoms with Crippen molar-refractivity contribution in [2.45, 2.75) is 19.9 Å². The zero-order valence-electron chi connectivity index (χ0n) is 10.6. The van der Waals surface area contributed by atoms with E-state index in [4.69, 9.17) is 4.74 Å². The third kappa shape index (κ3) is 2.80. The smallest absolute Gasteiger partial charge is 0.120 e. The summed E-state index contributed by atoms with van der Waals surface area (Å²) in [7, 11) is 1.99. The summed E-state index contributed by atoms with van der Waals surface area (Å²) in [6, 6.07) is 8.44. The highest BCUT2D eigenvalue weighted by Gasteiger charge is 2.02. The summed E-state index contributed by atoms with van der Waals surface area (Å²) in [5.74, 6) is 0.952. The monoisotopic (exact) mass is 232 g/mol. The number of nitrogens with zero attached hydrogens (tertiary/aromatic N) is 1. The van der Waals surface area contributed by atoms with Crippen molar-refractivity contribution in [3.63, 3.8) is 0 Å². The first-order valence-electron chi connectivity index (χ1n) is 6.21. The molecule has 1 aromatic heterocycles. The third-order valence-corrected chi connectivity index (χ3v) is 2.88. The Morgan fingerprint density at radius 1 is 1.29 bits per heavy atom. The molecule has 3 heteroatoms. The van der Waals surface area contributed by atoms with E-state index in [0.717, 1.165) is 25.3 Å². The lowest BCUT2D eigenvalue weighted by atomic mass is 10.2. The van der Waals surface area contributed by atoms with Gasteiger partial charge >= 0.3 is 0 Å². The van der Waals surface area contributed by atoms with E-state index < -0.39 is 0 Å². The van der Waals surface area contributed by atoms with Gasteiger partial charge in [-0.15, -0.1) is 0 Å². The van der Waals surface area contributed by atoms with Crippen LogP contribution < -0.4 is 10.1 Å². The van der Waals surface area contributed by atoms with E-state index >= 15 is 0 Å². The predicted molar refractivity (Wildman–Crippen MR) is 71.7 cm³/mol. The van der Waals surface area contributed by atoms with Gasteiger partial charge in [0, 0.05) is 23.6 Å². The molecular formula is C14H20N2O. The average molecular weight is 232 g/mol. The summed E-state index contributed by atoms with van der Waals surface area (Å²) >= 11 is 0. The SMILES string of the molecule is CCOc1ccc2c(ccn2CCCNC)c1. The number of fused-ring (bicyclic) bond motifs is 1. The van der Waals surface area contributed by atoms with Crippen molar-refractivity contribution >= 4 is 10.9 Å². The van der Waals surface area contributed by atoms with Gasteiger partial charge in [-0.1, -0.05) is 0 Å². The quantitative estimate of drug-likeness (QED) is 0.775. The van der Waals surface area contributed by atoms with E-state index in [1.54, 1.807) is 0 Å². The molecule has 92 valence electrons. The van der Waals surface area contributed by atoms with E-state index in [9.17, 15) is 0 Å². The molecule has 0 fully saturated rings. The molecule has 2 aromatic rings. The van der Waals surface area contributed by atoms with E-state index in [0.29, 0.717) is 6.61 Å². The van der Waals surface area contributed by atoms with Gasteiger partial charge in [0.2, 0.25) is 0 Å². The minimum atomic E-state index is 0.717. The van der Waals surface area contributed by atoms with Crippen LogP contribution in [0.3, 0.4) is 0 Å². The molecule has 0 aliphatic heterocycles. The Labute approximate surface area is 102 Å². The average Bonchev–Trinajstić information content (AvgIpc) is 2.73. The van der Waals surface area contributed by atoms with Crippen LogP contribution in [0, 0.1) is 0 Å². The van der Waals surface area contributed by atoms with Crippen LogP contribution in [0.15, 0.2) is 30.5 Å². The molecule has 3 nitrogen and oxygen atoms in total. The lowest BCUT2D eigenvalue weighted by molar-refractivity contribution is 0.340. The highest BCUT2D eigenvalue weighted by molar-refractivity contribution is 5.81. The van der Waals surface area contributed by atoms with Crippen molar-refractivity contribution in [3.05, 3.63) is 30.5 Å². The summed E-state index contributed by atoms with van der Waals surface area (Å²) in [5, 5.41) is 4.42. The maximum atomic E-state index is 5.50. The molecule has 0 bridgehead atoms. The Hall–Kier alpha value is -1.48. The maximum absolute atomic E-state index is 5.50. The fourth-order valence-electron chi connectivity index (χ4n) is 2.06. The molecule has 0 aliphatic carbocycles. The van der Waals surface area contributed by atoms with Gasteiger partial charge in [-0.2, -0.15) is 0 Å². The number of ether oxygens (including phenoxy) is 1. The second-order valence-electron chi connectivity index (χ2n) is 4.12. The van der Waals surface area contributed by atoms with Gasteiger partial charge in [0.05, 0.1) is 6.61 Å². The Balaban J connectivity index is 2.16. The fraction of sp³-hybridized carbons (Fsp3) is 0.429. The minimum Gasteiger partial charge on any atom is -0.494 e. The first-order chi connectivity index (χ1) is 8.35. The number of benzene rings is 1. The number of rotatable bonds is 6. The van der Waals surface area contributed by atoms with Crippen LogP contribution in [0.2, 0.25) is 0 Å². The first kappa shape index (κ1) is 12.0. The van der Waals surface area contributed by atoms with E-state index in [1.165, 1.54) is 10.9 Å². The molecule has 0 amide bonds. The Bertz CT molecular complexity index is 476. The highest BCUT2D eigenvalue weighted by atomic mass is 16.5. The van der Waals surface area contributed by atoms with Crippen molar-refractivity contribution in [3.8, 4) is 5.75 Å². The predicted octanol–water partition coefficient (Wildman–Crippen LogP) is 2.65. The van der Waals surface area contributed by atoms with E-state index in [1.807, 2.05) is 20.0 Å². The molecule has 0 spiro atoms. The molecule has 0 saturated heterocycles. The van der Waals surface area contributed by atoms with Crippen molar-refractivity contribution in [1.82, 2.24) is 9.88 Å². The van der Waals surface area contributed by atoms with Crippen LogP contribution >= 0.6 is 0 Å². The number of hydrogen-bond donors (Lipinski definition) is 1. The second kappa shape index (κ2) is 5.73. The van der Waals surface area contributed by atoms with Gasteiger partial charge in [0.15, 0.2) is 0 Å². The van der Waals surface area contributed by atoms with Crippen LogP contribution in [0.5, 0.6) is 5.75 Å². The molecule has 0 saturated carbocycles. The molecule has 0 aliphatic rings. The maximum Gasteiger partial charge on any atom is 0.120 e. The summed E-state index contributed by atoms with van der Waals surface area (Å²) in [4.78, 5) is 0. The van der Waals surface area contributed by atoms with Crippen molar-refractivity contribution in [1.29, 1.82) is 0 Å². The number of aryl methyl sites for hydroxylation is 1. The molecule has 17 heavy (non-hydrogen) atoms. The fourth-order valence-corrected chi connectivity index (χ4v) is 2.06. The topological polar surface area (TPSA) is 26.2 Å². The normalized spacial score (nSPS) is 10.9. The van der Waals surface area contributed by atoms with Gasteiger partial charge in [-0.25, -0.2) is 0 Å². The number of hydrogen-bond acceptors (Lipinski definition) is 2. The Morgan fingerprint density at radius 2 is 2.18 bits per heavy atom. The van der Waals surface area contributed by atoms with Crippen LogP contribution in [-0.4, -0.2) is 24.8 Å². The molecule has 1 heterocycles. The largest absolute Gasteiger partial charge is 0.494 e. The molecule has 1 aromatic carbocycles. The highest BCUT2D eigenvalue weighted by Crippen LogP contribution is 2.22. The lowest BCUT2D eigenvalue weighted by Crippen LogP contribution is -2.10. The number of nitrogens with one attached hydrogen (secondary N) is 1. The standard InChI is InChI=1S/C14H20N2O/c1-3-17-13-5-6-14-12(11-13)7-10-16(14)9-4-8-15-2/h5-7,10-11,15H,3-4,8-9H2,1-2H3. The molecule has 0 atom stereocenters. The molecule has 0 radical (unpaired) electrons. The molecule has 1 N–H and O–H groups in total. The zero-order valence-corrected chi connectivity index (χ0v) is 10.6. The summed E-state index contributed by atoms with van der Waals surface area (Å²) in [6.07, 6.45) is 3.30. The van der Waals surface area contributed by atoms with Crippen LogP contribution in [-0.2, 0) is 6.54 Å². The van der Waals surface area contributed by atoms with Gasteiger partial charge in [-0.05, 0) is 51.2 Å². The van der Waals surface area contributed by atoms with Gasteiger partial charge in [0.1, 0.15) is 5.75 Å². The number of aromatic nitrogens is 1. The van der Waals surface area contributed by atoms with Crippen LogP contribution in [0.1, 0.15) is 13.3 Å². The Morgan fingerprint density at radius 3 is 2.94 bits per heavy atom. The molecular weight excluding hydrogens is 212 g/mol. The van der Waals surface area contributed by atoms with E-state index in [2.05, 4.69) is 34.3 Å². The molecule has 0 unspecified atom stereocenters. The van der Waals surface area contributed by atoms with Gasteiger partial charge in [-0.3, -0.25) is 0 Å². The molecule has 2 rings (SSSR count). The lowest BCUT2D eigenvalue weighted by Gasteiger charge is -2.06. The van der Waals surface area contributed by atoms with Gasteiger partial charge < -0.3 is 14.6 Å². The Kier molecular flexibility index (Phi) is 4.04. The van der Waals surface area contributed by atoms with Crippen LogP contribution in [0.4, 0.5) is 0 Å². The third-order valence-electron chi connectivity index (χ3n) is 2.88. The minimum absolute atomic E-state index is 0.717. The summed E-state index contributed by atoms with van der Waals surface area (Å²) in [6.45, 7) is 4.83. The van der Waals surface area contributed by atoms with Crippen molar-refractivity contribution < 1.29 is 4.74 Å². The van der Waals surface area contributed by atoms with Crippen molar-refractivity contribution in [2.24, 2.45) is 0 Å². The van der Waals surface area contributed by atoms with Crippen molar-refractivity contribution in [2.75, 3.05) is 20.2 Å². The summed E-state index contributed by atoms with van der Waals surface area (Å²) < 4.78 is 7.80. The zero-order chi connectivity index (χ0) is 12.1. The van der Waals surface area contributed by atoms with Crippen LogP contribution in [0.25, 0.3) is 10.9 Å². The first-order valence-corrected chi connectivity index (χ1v) is 6.21.